The molecular formula is C20H18N2O4S. The maximum atomic E-state index is 12.6. The minimum absolute atomic E-state index is 0.261. The molecule has 0 spiro atoms. The number of rotatable bonds is 7. The third-order valence-electron chi connectivity index (χ3n) is 3.92. The third kappa shape index (κ3) is 4.77. The molecule has 7 heteroatoms. The van der Waals surface area contributed by atoms with E-state index in [2.05, 4.69) is 0 Å². The number of primary amides is 1. The van der Waals surface area contributed by atoms with Crippen molar-refractivity contribution >= 4 is 34.9 Å². The second kappa shape index (κ2) is 8.55. The van der Waals surface area contributed by atoms with Gasteiger partial charge in [-0.2, -0.15) is 0 Å². The number of hydrogen-bond acceptors (Lipinski definition) is 5. The summed E-state index contributed by atoms with van der Waals surface area (Å²) in [4.78, 5) is 37.4. The van der Waals surface area contributed by atoms with E-state index in [4.69, 9.17) is 10.5 Å². The van der Waals surface area contributed by atoms with E-state index in [1.807, 2.05) is 30.3 Å². The van der Waals surface area contributed by atoms with Crippen molar-refractivity contribution in [2.24, 2.45) is 5.73 Å². The Kier molecular flexibility index (Phi) is 5.93. The standard InChI is InChI=1S/C20H18N2O4S/c21-18(23)13-26-16-9-5-4-8-15(16)12-17-19(24)22(20(25)27-17)11-10-14-6-2-1-3-7-14/h1-9,12H,10-11,13H2,(H2,21,23)/b17-12+. The van der Waals surface area contributed by atoms with Crippen LogP contribution >= 0.6 is 11.8 Å². The molecule has 6 nitrogen and oxygen atoms in total. The number of carbonyl (C=O) groups excluding carboxylic acids is 3. The van der Waals surface area contributed by atoms with Crippen molar-refractivity contribution in [3.63, 3.8) is 0 Å². The minimum Gasteiger partial charge on any atom is -0.483 e. The van der Waals surface area contributed by atoms with Crippen molar-refractivity contribution in [3.05, 3.63) is 70.6 Å². The van der Waals surface area contributed by atoms with Crippen molar-refractivity contribution < 1.29 is 19.1 Å². The maximum absolute atomic E-state index is 12.6. The highest BCUT2D eigenvalue weighted by Gasteiger charge is 2.34. The van der Waals surface area contributed by atoms with E-state index in [1.165, 1.54) is 4.90 Å². The first-order chi connectivity index (χ1) is 13.0. The predicted octanol–water partition coefficient (Wildman–Crippen LogP) is 2.83. The molecule has 138 valence electrons. The lowest BCUT2D eigenvalue weighted by Gasteiger charge is -2.12. The molecule has 0 saturated carbocycles. The van der Waals surface area contributed by atoms with E-state index >= 15 is 0 Å². The van der Waals surface area contributed by atoms with Crippen molar-refractivity contribution in [3.8, 4) is 5.75 Å². The van der Waals surface area contributed by atoms with E-state index < -0.39 is 5.91 Å². The topological polar surface area (TPSA) is 89.7 Å². The molecule has 0 bridgehead atoms. The van der Waals surface area contributed by atoms with Gasteiger partial charge in [0, 0.05) is 12.1 Å². The first kappa shape index (κ1) is 18.7. The van der Waals surface area contributed by atoms with E-state index in [9.17, 15) is 14.4 Å². The van der Waals surface area contributed by atoms with Gasteiger partial charge < -0.3 is 10.5 Å². The van der Waals surface area contributed by atoms with E-state index in [0.29, 0.717) is 29.2 Å². The van der Waals surface area contributed by atoms with Gasteiger partial charge in [0.15, 0.2) is 6.61 Å². The Bertz CT molecular complexity index is 896. The van der Waals surface area contributed by atoms with Crippen molar-refractivity contribution in [1.29, 1.82) is 0 Å². The molecule has 27 heavy (non-hydrogen) atoms. The lowest BCUT2D eigenvalue weighted by Crippen LogP contribution is -2.30. The highest BCUT2D eigenvalue weighted by molar-refractivity contribution is 8.18. The Balaban J connectivity index is 1.73. The quantitative estimate of drug-likeness (QED) is 0.744. The number of para-hydroxylation sites is 1. The monoisotopic (exact) mass is 382 g/mol. The first-order valence-electron chi connectivity index (χ1n) is 8.34. The Morgan fingerprint density at radius 1 is 1.07 bits per heavy atom. The molecule has 1 fully saturated rings. The zero-order chi connectivity index (χ0) is 19.2. The molecule has 0 aliphatic carbocycles. The zero-order valence-electron chi connectivity index (χ0n) is 14.5. The minimum atomic E-state index is -0.592. The Hall–Kier alpha value is -3.06. The van der Waals surface area contributed by atoms with Gasteiger partial charge in [-0.3, -0.25) is 19.3 Å². The lowest BCUT2D eigenvalue weighted by molar-refractivity contribution is -0.122. The molecule has 2 aromatic rings. The normalized spacial score (nSPS) is 15.4. The summed E-state index contributed by atoms with van der Waals surface area (Å²) in [5.74, 6) is -0.496. The number of ether oxygens (including phenoxy) is 1. The van der Waals surface area contributed by atoms with Crippen molar-refractivity contribution in [2.75, 3.05) is 13.2 Å². The van der Waals surface area contributed by atoms with E-state index in [0.717, 1.165) is 17.3 Å². The van der Waals surface area contributed by atoms with Gasteiger partial charge in [0.25, 0.3) is 17.1 Å². The number of thioether (sulfide) groups is 1. The maximum Gasteiger partial charge on any atom is 0.293 e. The molecule has 2 aromatic carbocycles. The van der Waals surface area contributed by atoms with Gasteiger partial charge in [-0.25, -0.2) is 0 Å². The predicted molar refractivity (Wildman–Crippen MR) is 104 cm³/mol. The Labute approximate surface area is 161 Å². The SMILES string of the molecule is NC(=O)COc1ccccc1/C=C1/SC(=O)N(CCc2ccccc2)C1=O. The molecule has 1 aliphatic heterocycles. The Morgan fingerprint density at radius 2 is 1.78 bits per heavy atom. The summed E-state index contributed by atoms with van der Waals surface area (Å²) in [5.41, 5.74) is 6.77. The number of imide groups is 1. The van der Waals surface area contributed by atoms with Crippen molar-refractivity contribution in [2.45, 2.75) is 6.42 Å². The van der Waals surface area contributed by atoms with Gasteiger partial charge in [0.1, 0.15) is 5.75 Å². The Morgan fingerprint density at radius 3 is 2.52 bits per heavy atom. The first-order valence-corrected chi connectivity index (χ1v) is 9.15. The van der Waals surface area contributed by atoms with Crippen LogP contribution in [-0.4, -0.2) is 35.1 Å². The van der Waals surface area contributed by atoms with E-state index in [-0.39, 0.29) is 17.8 Å². The fourth-order valence-corrected chi connectivity index (χ4v) is 3.46. The van der Waals surface area contributed by atoms with Gasteiger partial charge >= 0.3 is 0 Å². The molecule has 0 radical (unpaired) electrons. The fourth-order valence-electron chi connectivity index (χ4n) is 2.60. The molecule has 0 unspecified atom stereocenters. The van der Waals surface area contributed by atoms with Crippen LogP contribution in [0.25, 0.3) is 6.08 Å². The summed E-state index contributed by atoms with van der Waals surface area (Å²) in [6, 6.07) is 16.6. The lowest BCUT2D eigenvalue weighted by atomic mass is 10.1. The van der Waals surface area contributed by atoms with Crippen LogP contribution in [0.1, 0.15) is 11.1 Å². The number of amides is 3. The number of nitrogens with zero attached hydrogens (tertiary/aromatic N) is 1. The van der Waals surface area contributed by atoms with Crippen LogP contribution in [0.3, 0.4) is 0 Å². The molecule has 3 rings (SSSR count). The fraction of sp³-hybridized carbons (Fsp3) is 0.150. The number of nitrogens with two attached hydrogens (primary N) is 1. The summed E-state index contributed by atoms with van der Waals surface area (Å²) in [7, 11) is 0. The molecule has 1 aliphatic rings. The van der Waals surface area contributed by atoms with Crippen LogP contribution < -0.4 is 10.5 Å². The van der Waals surface area contributed by atoms with Crippen LogP contribution in [0.5, 0.6) is 5.75 Å². The average Bonchev–Trinajstić information content (AvgIpc) is 2.93. The molecule has 3 amide bonds. The summed E-state index contributed by atoms with van der Waals surface area (Å²) >= 11 is 0.896. The van der Waals surface area contributed by atoms with E-state index in [1.54, 1.807) is 30.3 Å². The third-order valence-corrected chi connectivity index (χ3v) is 4.82. The van der Waals surface area contributed by atoms with Crippen LogP contribution in [0.4, 0.5) is 4.79 Å². The summed E-state index contributed by atoms with van der Waals surface area (Å²) in [6.07, 6.45) is 2.20. The summed E-state index contributed by atoms with van der Waals surface area (Å²) in [6.45, 7) is 0.0647. The molecule has 1 heterocycles. The number of carbonyl (C=O) groups is 3. The van der Waals surface area contributed by atoms with Gasteiger partial charge in [-0.1, -0.05) is 48.5 Å². The second-order valence-corrected chi connectivity index (χ2v) is 6.85. The van der Waals surface area contributed by atoms with Crippen LogP contribution in [-0.2, 0) is 16.0 Å². The molecular weight excluding hydrogens is 364 g/mol. The number of benzene rings is 2. The smallest absolute Gasteiger partial charge is 0.293 e. The van der Waals surface area contributed by atoms with Crippen molar-refractivity contribution in [1.82, 2.24) is 4.90 Å². The van der Waals surface area contributed by atoms with Gasteiger partial charge in [-0.05, 0) is 35.9 Å². The zero-order valence-corrected chi connectivity index (χ0v) is 15.3. The van der Waals surface area contributed by atoms with Crippen LogP contribution in [0.15, 0.2) is 59.5 Å². The highest BCUT2D eigenvalue weighted by Crippen LogP contribution is 2.34. The van der Waals surface area contributed by atoms with Gasteiger partial charge in [-0.15, -0.1) is 0 Å². The number of hydrogen-bond donors (Lipinski definition) is 1. The molecule has 2 N–H and O–H groups in total. The molecule has 0 aromatic heterocycles. The average molecular weight is 382 g/mol. The summed E-state index contributed by atoms with van der Waals surface area (Å²) in [5, 5.41) is -0.294. The summed E-state index contributed by atoms with van der Waals surface area (Å²) < 4.78 is 5.36. The van der Waals surface area contributed by atoms with Gasteiger partial charge in [0.2, 0.25) is 0 Å². The van der Waals surface area contributed by atoms with Crippen LogP contribution in [0, 0.1) is 0 Å². The molecule has 1 saturated heterocycles. The van der Waals surface area contributed by atoms with Crippen LogP contribution in [0.2, 0.25) is 0 Å². The largest absolute Gasteiger partial charge is 0.483 e. The van der Waals surface area contributed by atoms with Gasteiger partial charge in [0.05, 0.1) is 4.91 Å². The highest BCUT2D eigenvalue weighted by atomic mass is 32.2. The molecule has 0 atom stereocenters. The second-order valence-electron chi connectivity index (χ2n) is 5.86.